The van der Waals surface area contributed by atoms with E-state index >= 15 is 0 Å². The fraction of sp³-hybridized carbons (Fsp3) is 0.333. The molecular weight excluding hydrogens is 266 g/mol. The standard InChI is InChI=1S/C15H19N5O/c1-16-14-11-5-4-10(8-12(11)18-15(14)21)20(3)9-13-17-6-7-19(13)2/h4-8,14,16H,9H2,1-3H3,(H,18,21). The van der Waals surface area contributed by atoms with Crippen molar-refractivity contribution in [2.45, 2.75) is 12.6 Å². The molecule has 0 bridgehead atoms. The first kappa shape index (κ1) is 13.6. The molecule has 0 fully saturated rings. The van der Waals surface area contributed by atoms with E-state index in [1.807, 2.05) is 43.1 Å². The Labute approximate surface area is 123 Å². The van der Waals surface area contributed by atoms with Gasteiger partial charge in [-0.25, -0.2) is 4.98 Å². The Balaban J connectivity index is 1.83. The molecule has 1 aromatic carbocycles. The van der Waals surface area contributed by atoms with Crippen molar-refractivity contribution in [2.75, 3.05) is 24.3 Å². The van der Waals surface area contributed by atoms with Crippen molar-refractivity contribution in [2.24, 2.45) is 7.05 Å². The molecule has 2 aromatic rings. The number of hydrogen-bond acceptors (Lipinski definition) is 4. The summed E-state index contributed by atoms with van der Waals surface area (Å²) < 4.78 is 2.00. The summed E-state index contributed by atoms with van der Waals surface area (Å²) in [4.78, 5) is 18.3. The minimum atomic E-state index is -0.256. The number of fused-ring (bicyclic) bond motifs is 1. The average Bonchev–Trinajstić information content (AvgIpc) is 3.00. The maximum absolute atomic E-state index is 11.8. The average molecular weight is 285 g/mol. The van der Waals surface area contributed by atoms with Gasteiger partial charge in [-0.05, 0) is 19.2 Å². The summed E-state index contributed by atoms with van der Waals surface area (Å²) in [5.74, 6) is 0.992. The summed E-state index contributed by atoms with van der Waals surface area (Å²) in [7, 11) is 5.79. The molecule has 6 nitrogen and oxygen atoms in total. The monoisotopic (exact) mass is 285 g/mol. The van der Waals surface area contributed by atoms with Gasteiger partial charge in [-0.3, -0.25) is 4.79 Å². The van der Waals surface area contributed by atoms with Crippen LogP contribution in [0.2, 0.25) is 0 Å². The Bertz CT molecular complexity index is 678. The van der Waals surface area contributed by atoms with Crippen LogP contribution in [-0.2, 0) is 18.4 Å². The first-order valence-corrected chi connectivity index (χ1v) is 6.89. The van der Waals surface area contributed by atoms with E-state index in [-0.39, 0.29) is 11.9 Å². The fourth-order valence-corrected chi connectivity index (χ4v) is 2.63. The molecule has 1 aliphatic heterocycles. The lowest BCUT2D eigenvalue weighted by molar-refractivity contribution is -0.117. The third-order valence-electron chi connectivity index (χ3n) is 3.90. The fourth-order valence-electron chi connectivity index (χ4n) is 2.63. The number of imidazole rings is 1. The van der Waals surface area contributed by atoms with E-state index < -0.39 is 0 Å². The second kappa shape index (κ2) is 5.21. The summed E-state index contributed by atoms with van der Waals surface area (Å²) in [6.07, 6.45) is 3.73. The molecule has 0 spiro atoms. The van der Waals surface area contributed by atoms with Crippen LogP contribution in [0.25, 0.3) is 0 Å². The van der Waals surface area contributed by atoms with E-state index in [0.717, 1.165) is 22.8 Å². The number of anilines is 2. The van der Waals surface area contributed by atoms with Crippen LogP contribution in [0, 0.1) is 0 Å². The zero-order valence-electron chi connectivity index (χ0n) is 12.4. The SMILES string of the molecule is CNC1C(=O)Nc2cc(N(C)Cc3nccn3C)ccc21. The van der Waals surface area contributed by atoms with Crippen molar-refractivity contribution >= 4 is 17.3 Å². The van der Waals surface area contributed by atoms with E-state index in [1.54, 1.807) is 13.2 Å². The number of aryl methyl sites for hydroxylation is 1. The molecule has 2 heterocycles. The molecule has 0 saturated heterocycles. The number of nitrogens with zero attached hydrogens (tertiary/aromatic N) is 3. The lowest BCUT2D eigenvalue weighted by atomic mass is 10.1. The molecule has 21 heavy (non-hydrogen) atoms. The molecule has 1 atom stereocenters. The first-order chi connectivity index (χ1) is 10.1. The van der Waals surface area contributed by atoms with E-state index in [0.29, 0.717) is 6.54 Å². The predicted octanol–water partition coefficient (Wildman–Crippen LogP) is 1.27. The van der Waals surface area contributed by atoms with Gasteiger partial charge in [-0.1, -0.05) is 6.07 Å². The second-order valence-corrected chi connectivity index (χ2v) is 5.29. The Kier molecular flexibility index (Phi) is 3.39. The first-order valence-electron chi connectivity index (χ1n) is 6.89. The number of amides is 1. The van der Waals surface area contributed by atoms with Gasteiger partial charge >= 0.3 is 0 Å². The quantitative estimate of drug-likeness (QED) is 0.888. The van der Waals surface area contributed by atoms with Crippen molar-refractivity contribution < 1.29 is 4.79 Å². The van der Waals surface area contributed by atoms with E-state index in [2.05, 4.69) is 20.5 Å². The zero-order valence-corrected chi connectivity index (χ0v) is 12.4. The van der Waals surface area contributed by atoms with Crippen molar-refractivity contribution in [1.29, 1.82) is 0 Å². The summed E-state index contributed by atoms with van der Waals surface area (Å²) in [5, 5.41) is 5.94. The summed E-state index contributed by atoms with van der Waals surface area (Å²) in [6, 6.07) is 5.78. The second-order valence-electron chi connectivity index (χ2n) is 5.29. The highest BCUT2D eigenvalue weighted by Gasteiger charge is 2.29. The Morgan fingerprint density at radius 1 is 1.48 bits per heavy atom. The molecule has 110 valence electrons. The number of carbonyl (C=O) groups is 1. The van der Waals surface area contributed by atoms with Gasteiger partial charge in [0.2, 0.25) is 5.91 Å². The molecule has 1 aromatic heterocycles. The predicted molar refractivity (Wildman–Crippen MR) is 82.2 cm³/mol. The van der Waals surface area contributed by atoms with E-state index in [9.17, 15) is 4.79 Å². The third-order valence-corrected chi connectivity index (χ3v) is 3.90. The highest BCUT2D eigenvalue weighted by molar-refractivity contribution is 6.03. The number of benzene rings is 1. The van der Waals surface area contributed by atoms with Gasteiger partial charge in [0, 0.05) is 43.4 Å². The molecule has 0 radical (unpaired) electrons. The smallest absolute Gasteiger partial charge is 0.246 e. The highest BCUT2D eigenvalue weighted by atomic mass is 16.2. The van der Waals surface area contributed by atoms with E-state index in [1.165, 1.54) is 0 Å². The van der Waals surface area contributed by atoms with E-state index in [4.69, 9.17) is 0 Å². The number of nitrogens with one attached hydrogen (secondary N) is 2. The molecule has 0 saturated carbocycles. The van der Waals surface area contributed by atoms with Gasteiger partial charge in [0.1, 0.15) is 11.9 Å². The van der Waals surface area contributed by atoms with Crippen molar-refractivity contribution in [1.82, 2.24) is 14.9 Å². The molecule has 3 rings (SSSR count). The van der Waals surface area contributed by atoms with Crippen LogP contribution in [0.5, 0.6) is 0 Å². The van der Waals surface area contributed by atoms with Gasteiger partial charge in [0.15, 0.2) is 0 Å². The number of rotatable bonds is 4. The number of aromatic nitrogens is 2. The lowest BCUT2D eigenvalue weighted by Crippen LogP contribution is -2.23. The highest BCUT2D eigenvalue weighted by Crippen LogP contribution is 2.33. The summed E-state index contributed by atoms with van der Waals surface area (Å²) in [5.41, 5.74) is 2.92. The maximum atomic E-state index is 11.8. The van der Waals surface area contributed by atoms with Crippen molar-refractivity contribution in [3.05, 3.63) is 42.0 Å². The number of carbonyl (C=O) groups excluding carboxylic acids is 1. The maximum Gasteiger partial charge on any atom is 0.246 e. The summed E-state index contributed by atoms with van der Waals surface area (Å²) in [6.45, 7) is 0.714. The van der Waals surface area contributed by atoms with Crippen LogP contribution in [0.1, 0.15) is 17.4 Å². The molecule has 2 N–H and O–H groups in total. The molecule has 1 amide bonds. The van der Waals surface area contributed by atoms with Gasteiger partial charge in [-0.15, -0.1) is 0 Å². The molecular formula is C15H19N5O. The Morgan fingerprint density at radius 2 is 2.29 bits per heavy atom. The minimum absolute atomic E-state index is 0.00333. The molecule has 6 heteroatoms. The van der Waals surface area contributed by atoms with Crippen molar-refractivity contribution in [3.63, 3.8) is 0 Å². The topological polar surface area (TPSA) is 62.2 Å². The van der Waals surface area contributed by atoms with Gasteiger partial charge in [-0.2, -0.15) is 0 Å². The largest absolute Gasteiger partial charge is 0.367 e. The number of hydrogen-bond donors (Lipinski definition) is 2. The number of likely N-dealkylation sites (N-methyl/N-ethyl adjacent to an activating group) is 1. The van der Waals surface area contributed by atoms with Gasteiger partial charge in [0.25, 0.3) is 0 Å². The van der Waals surface area contributed by atoms with Crippen LogP contribution in [-0.4, -0.2) is 29.6 Å². The lowest BCUT2D eigenvalue weighted by Gasteiger charge is -2.20. The van der Waals surface area contributed by atoms with Gasteiger partial charge < -0.3 is 20.1 Å². The zero-order chi connectivity index (χ0) is 15.0. The summed E-state index contributed by atoms with van der Waals surface area (Å²) >= 11 is 0. The molecule has 1 unspecified atom stereocenters. The van der Waals surface area contributed by atoms with Crippen LogP contribution in [0.3, 0.4) is 0 Å². The van der Waals surface area contributed by atoms with Crippen molar-refractivity contribution in [3.8, 4) is 0 Å². The molecule has 1 aliphatic rings. The molecule has 0 aliphatic carbocycles. The normalized spacial score (nSPS) is 16.7. The Hall–Kier alpha value is -2.34. The Morgan fingerprint density at radius 3 is 2.95 bits per heavy atom. The van der Waals surface area contributed by atoms with Crippen LogP contribution < -0.4 is 15.5 Å². The minimum Gasteiger partial charge on any atom is -0.367 e. The van der Waals surface area contributed by atoms with Gasteiger partial charge in [0.05, 0.1) is 6.54 Å². The van der Waals surface area contributed by atoms with Crippen LogP contribution >= 0.6 is 0 Å². The van der Waals surface area contributed by atoms with Crippen LogP contribution in [0.4, 0.5) is 11.4 Å². The third kappa shape index (κ3) is 2.38. The van der Waals surface area contributed by atoms with Crippen LogP contribution in [0.15, 0.2) is 30.6 Å².